The van der Waals surface area contributed by atoms with E-state index < -0.39 is 0 Å². The molecule has 0 saturated carbocycles. The van der Waals surface area contributed by atoms with E-state index in [0.717, 1.165) is 6.42 Å². The third-order valence-electron chi connectivity index (χ3n) is 4.43. The van der Waals surface area contributed by atoms with E-state index in [-0.39, 0.29) is 0 Å². The van der Waals surface area contributed by atoms with Crippen LogP contribution in [0.4, 0.5) is 0 Å². The van der Waals surface area contributed by atoms with Crippen LogP contribution in [0.25, 0.3) is 0 Å². The van der Waals surface area contributed by atoms with Crippen molar-refractivity contribution in [2.75, 3.05) is 14.2 Å². The van der Waals surface area contributed by atoms with Crippen molar-refractivity contribution in [1.82, 2.24) is 10.3 Å². The highest BCUT2D eigenvalue weighted by Crippen LogP contribution is 2.38. The molecule has 3 rings (SSSR count). The molecule has 0 aliphatic heterocycles. The maximum absolute atomic E-state index is 5.10. The molecule has 0 amide bonds. The van der Waals surface area contributed by atoms with Crippen LogP contribution < -0.4 is 10.1 Å². The monoisotopic (exact) mass is 282 g/mol. The summed E-state index contributed by atoms with van der Waals surface area (Å²) in [6, 6.07) is 13.3. The SMILES string of the molecule is CNC(Cc1ccc(OC)nc1)CC1Cc2ccccc21. The number of hydrogen-bond donors (Lipinski definition) is 1. The standard InChI is InChI=1S/C18H22N2O/c1-19-16(9-13-7-8-18(21-2)20-12-13)11-15-10-14-5-3-4-6-17(14)15/h3-8,12,15-16,19H,9-11H2,1-2H3. The van der Waals surface area contributed by atoms with E-state index in [4.69, 9.17) is 4.74 Å². The van der Waals surface area contributed by atoms with Crippen molar-refractivity contribution in [3.63, 3.8) is 0 Å². The molecule has 2 aromatic rings. The average Bonchev–Trinajstić information content (AvgIpc) is 2.52. The summed E-state index contributed by atoms with van der Waals surface area (Å²) >= 11 is 0. The van der Waals surface area contributed by atoms with Crippen LogP contribution in [-0.2, 0) is 12.8 Å². The number of aromatic nitrogens is 1. The number of fused-ring (bicyclic) bond motifs is 1. The molecule has 1 aliphatic carbocycles. The van der Waals surface area contributed by atoms with Gasteiger partial charge < -0.3 is 10.1 Å². The lowest BCUT2D eigenvalue weighted by molar-refractivity contribution is 0.396. The Hall–Kier alpha value is -1.87. The quantitative estimate of drug-likeness (QED) is 0.884. The molecule has 0 bridgehead atoms. The van der Waals surface area contributed by atoms with Gasteiger partial charge in [0.1, 0.15) is 0 Å². The van der Waals surface area contributed by atoms with Crippen LogP contribution in [-0.4, -0.2) is 25.2 Å². The maximum Gasteiger partial charge on any atom is 0.212 e. The maximum atomic E-state index is 5.10. The lowest BCUT2D eigenvalue weighted by atomic mass is 9.74. The number of likely N-dealkylation sites (N-methyl/N-ethyl adjacent to an activating group) is 1. The zero-order valence-electron chi connectivity index (χ0n) is 12.7. The van der Waals surface area contributed by atoms with Gasteiger partial charge in [-0.2, -0.15) is 0 Å². The fraction of sp³-hybridized carbons (Fsp3) is 0.389. The van der Waals surface area contributed by atoms with Gasteiger partial charge in [-0.25, -0.2) is 4.98 Å². The third kappa shape index (κ3) is 3.08. The van der Waals surface area contributed by atoms with Gasteiger partial charge in [-0.15, -0.1) is 0 Å². The van der Waals surface area contributed by atoms with E-state index in [1.807, 2.05) is 19.3 Å². The van der Waals surface area contributed by atoms with Crippen molar-refractivity contribution in [2.24, 2.45) is 0 Å². The Labute approximate surface area is 126 Å². The number of rotatable bonds is 6. The topological polar surface area (TPSA) is 34.1 Å². The Balaban J connectivity index is 1.61. The minimum Gasteiger partial charge on any atom is -0.481 e. The molecule has 1 aromatic carbocycles. The number of nitrogens with zero attached hydrogens (tertiary/aromatic N) is 1. The third-order valence-corrected chi connectivity index (χ3v) is 4.43. The Morgan fingerprint density at radius 2 is 2.14 bits per heavy atom. The molecule has 0 spiro atoms. The highest BCUT2D eigenvalue weighted by molar-refractivity contribution is 5.40. The molecular formula is C18H22N2O. The lowest BCUT2D eigenvalue weighted by Crippen LogP contribution is -2.32. The van der Waals surface area contributed by atoms with Crippen LogP contribution in [0.5, 0.6) is 5.88 Å². The molecule has 1 heterocycles. The summed E-state index contributed by atoms with van der Waals surface area (Å²) in [6.07, 6.45) is 5.32. The highest BCUT2D eigenvalue weighted by atomic mass is 16.5. The second-order valence-electron chi connectivity index (χ2n) is 5.73. The summed E-state index contributed by atoms with van der Waals surface area (Å²) < 4.78 is 5.10. The first-order valence-electron chi connectivity index (χ1n) is 7.54. The first-order valence-corrected chi connectivity index (χ1v) is 7.54. The summed E-state index contributed by atoms with van der Waals surface area (Å²) in [6.45, 7) is 0. The van der Waals surface area contributed by atoms with Crippen LogP contribution >= 0.6 is 0 Å². The fourth-order valence-corrected chi connectivity index (χ4v) is 3.16. The number of hydrogen-bond acceptors (Lipinski definition) is 3. The minimum absolute atomic E-state index is 0.485. The summed E-state index contributed by atoms with van der Waals surface area (Å²) in [7, 11) is 3.69. The lowest BCUT2D eigenvalue weighted by Gasteiger charge is -2.33. The van der Waals surface area contributed by atoms with Gasteiger partial charge in [0.05, 0.1) is 7.11 Å². The largest absolute Gasteiger partial charge is 0.481 e. The average molecular weight is 282 g/mol. The summed E-state index contributed by atoms with van der Waals surface area (Å²) in [5.41, 5.74) is 4.30. The van der Waals surface area contributed by atoms with Gasteiger partial charge in [0.2, 0.25) is 5.88 Å². The van der Waals surface area contributed by atoms with E-state index in [9.17, 15) is 0 Å². The van der Waals surface area contributed by atoms with Crippen LogP contribution in [0.3, 0.4) is 0 Å². The summed E-state index contributed by atoms with van der Waals surface area (Å²) in [5, 5.41) is 3.45. The van der Waals surface area contributed by atoms with Gasteiger partial charge >= 0.3 is 0 Å². The van der Waals surface area contributed by atoms with E-state index in [0.29, 0.717) is 17.8 Å². The molecule has 110 valence electrons. The van der Waals surface area contributed by atoms with Crippen LogP contribution in [0.15, 0.2) is 42.6 Å². The van der Waals surface area contributed by atoms with Crippen LogP contribution in [0.2, 0.25) is 0 Å². The Kier molecular flexibility index (Phi) is 4.20. The smallest absolute Gasteiger partial charge is 0.212 e. The van der Waals surface area contributed by atoms with Crippen molar-refractivity contribution in [3.05, 3.63) is 59.3 Å². The normalized spacial score (nSPS) is 17.7. The molecule has 1 aromatic heterocycles. The van der Waals surface area contributed by atoms with Crippen LogP contribution in [0, 0.1) is 0 Å². The van der Waals surface area contributed by atoms with E-state index in [1.165, 1.54) is 29.5 Å². The number of methoxy groups -OCH3 is 1. The predicted octanol–water partition coefficient (Wildman–Crippen LogP) is 2.95. The van der Waals surface area contributed by atoms with Gasteiger partial charge in [0, 0.05) is 18.3 Å². The molecule has 2 atom stereocenters. The van der Waals surface area contributed by atoms with Crippen molar-refractivity contribution in [2.45, 2.75) is 31.2 Å². The van der Waals surface area contributed by atoms with E-state index >= 15 is 0 Å². The minimum atomic E-state index is 0.485. The van der Waals surface area contributed by atoms with Gasteiger partial charge in [-0.05, 0) is 48.9 Å². The van der Waals surface area contributed by atoms with Gasteiger partial charge in [-0.3, -0.25) is 0 Å². The number of nitrogens with one attached hydrogen (secondary N) is 1. The number of ether oxygens (including phenoxy) is 1. The molecule has 3 heteroatoms. The first-order chi connectivity index (χ1) is 10.3. The Morgan fingerprint density at radius 3 is 2.81 bits per heavy atom. The van der Waals surface area contributed by atoms with E-state index in [2.05, 4.69) is 40.6 Å². The van der Waals surface area contributed by atoms with Crippen molar-refractivity contribution >= 4 is 0 Å². The molecule has 0 radical (unpaired) electrons. The molecule has 0 fully saturated rings. The van der Waals surface area contributed by atoms with Crippen LogP contribution in [0.1, 0.15) is 29.0 Å². The number of pyridine rings is 1. The number of benzene rings is 1. The van der Waals surface area contributed by atoms with Crippen molar-refractivity contribution < 1.29 is 4.74 Å². The molecule has 0 saturated heterocycles. The Morgan fingerprint density at radius 1 is 1.29 bits per heavy atom. The molecular weight excluding hydrogens is 260 g/mol. The Bertz CT molecular complexity index is 594. The predicted molar refractivity (Wildman–Crippen MR) is 84.8 cm³/mol. The zero-order chi connectivity index (χ0) is 14.7. The zero-order valence-corrected chi connectivity index (χ0v) is 12.7. The summed E-state index contributed by atoms with van der Waals surface area (Å²) in [4.78, 5) is 4.28. The summed E-state index contributed by atoms with van der Waals surface area (Å²) in [5.74, 6) is 1.37. The second kappa shape index (κ2) is 6.27. The van der Waals surface area contributed by atoms with Gasteiger partial charge in [0.15, 0.2) is 0 Å². The van der Waals surface area contributed by atoms with Crippen molar-refractivity contribution in [1.29, 1.82) is 0 Å². The van der Waals surface area contributed by atoms with E-state index in [1.54, 1.807) is 7.11 Å². The molecule has 3 nitrogen and oxygen atoms in total. The molecule has 1 aliphatic rings. The molecule has 21 heavy (non-hydrogen) atoms. The fourth-order valence-electron chi connectivity index (χ4n) is 3.16. The van der Waals surface area contributed by atoms with Gasteiger partial charge in [0.25, 0.3) is 0 Å². The molecule has 1 N–H and O–H groups in total. The van der Waals surface area contributed by atoms with Gasteiger partial charge in [-0.1, -0.05) is 30.3 Å². The first kappa shape index (κ1) is 14.1. The molecule has 2 unspecified atom stereocenters. The highest BCUT2D eigenvalue weighted by Gasteiger charge is 2.27. The second-order valence-corrected chi connectivity index (χ2v) is 5.73. The van der Waals surface area contributed by atoms with Crippen molar-refractivity contribution in [3.8, 4) is 5.88 Å².